The van der Waals surface area contributed by atoms with E-state index in [0.29, 0.717) is 28.9 Å². The standard InChI is InChI=1S/C25H26Cl2N2O6S4/c1-2-17(13-24-28(9-3-11-36-35-34-30)20-15-18(26)5-7-22(20)37-24)14-25-29(10-4-12-39(31,32)33)21-16-19(27)6-8-23(21)38-25/h5-8,13-16H,2-4,9-12H2,1H3,(H-,30,31,32,33)/p-1. The van der Waals surface area contributed by atoms with Gasteiger partial charge in [0.25, 0.3) is 5.01 Å². The van der Waals surface area contributed by atoms with E-state index < -0.39 is 15.9 Å². The molecule has 8 nitrogen and oxygen atoms in total. The molecule has 3 aromatic rings. The van der Waals surface area contributed by atoms with Crippen LogP contribution in [0.3, 0.4) is 0 Å². The smallest absolute Gasteiger partial charge is 0.263 e. The van der Waals surface area contributed by atoms with Gasteiger partial charge in [0.05, 0.1) is 20.8 Å². The Kier molecular flexibility index (Phi) is 11.0. The van der Waals surface area contributed by atoms with Crippen molar-refractivity contribution in [1.29, 1.82) is 0 Å². The van der Waals surface area contributed by atoms with E-state index in [4.69, 9.17) is 23.2 Å². The second-order valence-electron chi connectivity index (χ2n) is 8.55. The highest BCUT2D eigenvalue weighted by atomic mass is 35.5. The second-order valence-corrected chi connectivity index (χ2v) is 13.9. The maximum Gasteiger partial charge on any atom is 0.263 e. The summed E-state index contributed by atoms with van der Waals surface area (Å²) in [5, 5.41) is 16.7. The summed E-state index contributed by atoms with van der Waals surface area (Å²) in [5.41, 5.74) is 2.98. The molecule has 1 aliphatic heterocycles. The zero-order valence-corrected chi connectivity index (χ0v) is 25.6. The van der Waals surface area contributed by atoms with Gasteiger partial charge in [0.2, 0.25) is 5.52 Å². The third-order valence-corrected chi connectivity index (χ3v) is 9.96. The molecule has 14 heteroatoms. The van der Waals surface area contributed by atoms with Crippen molar-refractivity contribution in [2.45, 2.75) is 37.6 Å². The Labute approximate surface area is 250 Å². The summed E-state index contributed by atoms with van der Waals surface area (Å²) in [6.07, 6.45) is 5.94. The summed E-state index contributed by atoms with van der Waals surface area (Å²) < 4.78 is 41.3. The van der Waals surface area contributed by atoms with E-state index in [0.717, 1.165) is 61.3 Å². The number of aromatic nitrogens is 1. The topological polar surface area (TPSA) is 106 Å². The third kappa shape index (κ3) is 8.35. The average molecular weight is 649 g/mol. The molecule has 39 heavy (non-hydrogen) atoms. The van der Waals surface area contributed by atoms with Crippen molar-refractivity contribution in [2.24, 2.45) is 0 Å². The first kappa shape index (κ1) is 30.6. The molecule has 0 radical (unpaired) electrons. The molecular formula is C25H25Cl2N2O6S4-. The Morgan fingerprint density at radius 1 is 1.18 bits per heavy atom. The molecule has 0 saturated carbocycles. The number of aryl methyl sites for hydroxylation is 1. The van der Waals surface area contributed by atoms with Gasteiger partial charge in [-0.15, -0.1) is 0 Å². The van der Waals surface area contributed by atoms with Crippen LogP contribution < -0.4 is 14.7 Å². The molecule has 0 fully saturated rings. The zero-order chi connectivity index (χ0) is 28.0. The molecule has 0 aliphatic carbocycles. The maximum absolute atomic E-state index is 11.2. The van der Waals surface area contributed by atoms with Gasteiger partial charge in [-0.1, -0.05) is 53.2 Å². The van der Waals surface area contributed by atoms with Crippen LogP contribution in [0.5, 0.6) is 0 Å². The number of hydrogen-bond acceptors (Lipinski definition) is 10. The van der Waals surface area contributed by atoms with Crippen molar-refractivity contribution in [3.63, 3.8) is 0 Å². The van der Waals surface area contributed by atoms with Crippen LogP contribution in [-0.2, 0) is 26.0 Å². The number of nitrogens with zero attached hydrogens (tertiary/aromatic N) is 2. The Bertz CT molecular complexity index is 1490. The van der Waals surface area contributed by atoms with Crippen molar-refractivity contribution >= 4 is 90.4 Å². The molecule has 2 aromatic carbocycles. The van der Waals surface area contributed by atoms with Crippen molar-refractivity contribution in [1.82, 2.24) is 0 Å². The molecule has 2 heterocycles. The lowest BCUT2D eigenvalue weighted by Gasteiger charge is -2.21. The van der Waals surface area contributed by atoms with Crippen molar-refractivity contribution < 1.29 is 32.2 Å². The SMILES string of the molecule is CCC(/C=C1\Sc2ccc(Cl)cc2N1CCCS(=O)(=O)[O-])=C\c1sc2ccc(Cl)cc2[n+]1CCCSOO[O-]. The zero-order valence-electron chi connectivity index (χ0n) is 20.8. The Hall–Kier alpha value is -1.32. The molecule has 0 N–H and O–H groups in total. The fourth-order valence-corrected chi connectivity index (χ4v) is 7.58. The minimum atomic E-state index is -4.30. The third-order valence-electron chi connectivity index (χ3n) is 5.87. The molecule has 0 unspecified atom stereocenters. The first-order valence-electron chi connectivity index (χ1n) is 12.0. The molecule has 4 rings (SSSR count). The Morgan fingerprint density at radius 2 is 1.95 bits per heavy atom. The first-order chi connectivity index (χ1) is 18.7. The van der Waals surface area contributed by atoms with Gasteiger partial charge < -0.3 is 14.7 Å². The van der Waals surface area contributed by atoms with Gasteiger partial charge in [0, 0.05) is 63.6 Å². The van der Waals surface area contributed by atoms with Crippen LogP contribution in [0.15, 0.2) is 58.0 Å². The summed E-state index contributed by atoms with van der Waals surface area (Å²) in [6, 6.07) is 11.4. The van der Waals surface area contributed by atoms with Gasteiger partial charge in [-0.3, -0.25) is 5.04 Å². The minimum Gasteiger partial charge on any atom is -0.748 e. The van der Waals surface area contributed by atoms with Gasteiger partial charge in [0.15, 0.2) is 6.54 Å². The predicted octanol–water partition coefficient (Wildman–Crippen LogP) is 5.94. The van der Waals surface area contributed by atoms with E-state index in [1.54, 1.807) is 23.1 Å². The maximum atomic E-state index is 11.2. The van der Waals surface area contributed by atoms with Crippen LogP contribution in [0, 0.1) is 0 Å². The number of anilines is 1. The quantitative estimate of drug-likeness (QED) is 0.0556. The van der Waals surface area contributed by atoms with E-state index in [1.165, 1.54) is 0 Å². The first-order valence-corrected chi connectivity index (χ1v) is 16.9. The molecule has 1 aromatic heterocycles. The molecule has 0 amide bonds. The second kappa shape index (κ2) is 14.0. The summed E-state index contributed by atoms with van der Waals surface area (Å²) in [5.74, 6) is 0.148. The monoisotopic (exact) mass is 647 g/mol. The summed E-state index contributed by atoms with van der Waals surface area (Å²) >= 11 is 16.8. The minimum absolute atomic E-state index is 0.205. The lowest BCUT2D eigenvalue weighted by molar-refractivity contribution is -0.777. The van der Waals surface area contributed by atoms with Gasteiger partial charge in [-0.25, -0.2) is 8.42 Å². The van der Waals surface area contributed by atoms with Crippen molar-refractivity contribution in [2.75, 3.05) is 23.0 Å². The number of allylic oxidation sites excluding steroid dienone is 2. The van der Waals surface area contributed by atoms with E-state index >= 15 is 0 Å². The molecule has 0 bridgehead atoms. The van der Waals surface area contributed by atoms with E-state index in [1.807, 2.05) is 41.3 Å². The van der Waals surface area contributed by atoms with Gasteiger partial charge >= 0.3 is 0 Å². The van der Waals surface area contributed by atoms with E-state index in [9.17, 15) is 18.2 Å². The summed E-state index contributed by atoms with van der Waals surface area (Å²) in [6.45, 7) is 3.13. The predicted molar refractivity (Wildman–Crippen MR) is 156 cm³/mol. The lowest BCUT2D eigenvalue weighted by atomic mass is 10.2. The number of fused-ring (bicyclic) bond motifs is 2. The number of halogens is 2. The molecule has 0 saturated heterocycles. The normalized spacial score (nSPS) is 15.1. The van der Waals surface area contributed by atoms with Crippen LogP contribution in [0.4, 0.5) is 5.69 Å². The molecular weight excluding hydrogens is 623 g/mol. The van der Waals surface area contributed by atoms with Gasteiger partial charge in [-0.05, 0) is 54.8 Å². The van der Waals surface area contributed by atoms with Gasteiger partial charge in [0.1, 0.15) is 4.70 Å². The molecule has 0 atom stereocenters. The number of thiazole rings is 1. The Balaban J connectivity index is 1.67. The Morgan fingerprint density at radius 3 is 2.69 bits per heavy atom. The number of thioether (sulfide) groups is 1. The number of rotatable bonds is 13. The number of hydrogen-bond donors (Lipinski definition) is 0. The molecule has 210 valence electrons. The van der Waals surface area contributed by atoms with Crippen molar-refractivity contribution in [3.8, 4) is 0 Å². The molecule has 1 aliphatic rings. The highest BCUT2D eigenvalue weighted by molar-refractivity contribution is 8.03. The summed E-state index contributed by atoms with van der Waals surface area (Å²) in [4.78, 5) is 3.04. The fraction of sp³-hybridized carbons (Fsp3) is 0.320. The van der Waals surface area contributed by atoms with Crippen LogP contribution in [-0.4, -0.2) is 31.0 Å². The average Bonchev–Trinajstić information content (AvgIpc) is 3.39. The highest BCUT2D eigenvalue weighted by Crippen LogP contribution is 2.47. The van der Waals surface area contributed by atoms with Crippen LogP contribution >= 0.6 is 58.3 Å². The van der Waals surface area contributed by atoms with Crippen LogP contribution in [0.1, 0.15) is 31.2 Å². The highest BCUT2D eigenvalue weighted by Gasteiger charge is 2.26. The van der Waals surface area contributed by atoms with Gasteiger partial charge in [-0.2, -0.15) is 8.90 Å². The lowest BCUT2D eigenvalue weighted by Crippen LogP contribution is -2.35. The van der Waals surface area contributed by atoms with E-state index in [2.05, 4.69) is 33.0 Å². The molecule has 0 spiro atoms. The summed E-state index contributed by atoms with van der Waals surface area (Å²) in [7, 11) is -4.30. The van der Waals surface area contributed by atoms with Crippen molar-refractivity contribution in [3.05, 3.63) is 68.1 Å². The fourth-order valence-electron chi connectivity index (χ4n) is 4.12. The number of benzene rings is 2. The van der Waals surface area contributed by atoms with Crippen LogP contribution in [0.25, 0.3) is 16.3 Å². The van der Waals surface area contributed by atoms with E-state index in [-0.39, 0.29) is 6.42 Å². The largest absolute Gasteiger partial charge is 0.748 e. The van der Waals surface area contributed by atoms with Crippen LogP contribution in [0.2, 0.25) is 10.0 Å².